The van der Waals surface area contributed by atoms with E-state index in [9.17, 15) is 4.39 Å². The molecule has 0 aromatic heterocycles. The summed E-state index contributed by atoms with van der Waals surface area (Å²) >= 11 is 0. The predicted molar refractivity (Wildman–Crippen MR) is 69.7 cm³/mol. The topological polar surface area (TPSA) is 0 Å². The molecule has 3 rings (SSSR count). The molecule has 1 heteroatoms. The Kier molecular flexibility index (Phi) is 2.84. The molecule has 0 N–H and O–H groups in total. The summed E-state index contributed by atoms with van der Waals surface area (Å²) in [6, 6.07) is 11.5. The summed E-state index contributed by atoms with van der Waals surface area (Å²) in [7, 11) is 0. The van der Waals surface area contributed by atoms with Gasteiger partial charge in [0.25, 0.3) is 0 Å². The first kappa shape index (κ1) is 10.8. The average Bonchev–Trinajstić information content (AvgIpc) is 2.41. The number of halogens is 1. The van der Waals surface area contributed by atoms with Gasteiger partial charge >= 0.3 is 0 Å². The van der Waals surface area contributed by atoms with Gasteiger partial charge in [0, 0.05) is 5.39 Å². The summed E-state index contributed by atoms with van der Waals surface area (Å²) in [5, 5.41) is 1.88. The smallest absolute Gasteiger partial charge is 0.131 e. The minimum absolute atomic E-state index is 0.0971. The lowest BCUT2D eigenvalue weighted by molar-refractivity contribution is 0.445. The largest absolute Gasteiger partial charge is 0.206 e. The second-order valence-electron chi connectivity index (χ2n) is 5.02. The highest BCUT2D eigenvalue weighted by Crippen LogP contribution is 2.36. The van der Waals surface area contributed by atoms with Crippen LogP contribution in [-0.2, 0) is 0 Å². The van der Waals surface area contributed by atoms with Gasteiger partial charge in [-0.15, -0.1) is 0 Å². The SMILES string of the molecule is Fc1ccc(C2CCCCC2)c2ccccc12. The zero-order valence-corrected chi connectivity index (χ0v) is 9.95. The van der Waals surface area contributed by atoms with Crippen LogP contribution in [0.25, 0.3) is 10.8 Å². The Morgan fingerprint density at radius 2 is 1.53 bits per heavy atom. The summed E-state index contributed by atoms with van der Waals surface area (Å²) in [5.41, 5.74) is 1.35. The molecule has 0 nitrogen and oxygen atoms in total. The lowest BCUT2D eigenvalue weighted by Gasteiger charge is -2.23. The summed E-state index contributed by atoms with van der Waals surface area (Å²) < 4.78 is 13.7. The Bertz CT molecular complexity index is 524. The van der Waals surface area contributed by atoms with Crippen LogP contribution in [0, 0.1) is 5.82 Å². The Labute approximate surface area is 101 Å². The molecule has 0 unspecified atom stereocenters. The monoisotopic (exact) mass is 228 g/mol. The van der Waals surface area contributed by atoms with E-state index in [1.54, 1.807) is 6.07 Å². The quantitative estimate of drug-likeness (QED) is 0.642. The van der Waals surface area contributed by atoms with E-state index >= 15 is 0 Å². The van der Waals surface area contributed by atoms with Gasteiger partial charge in [-0.25, -0.2) is 4.39 Å². The molecule has 88 valence electrons. The number of benzene rings is 2. The van der Waals surface area contributed by atoms with Crippen LogP contribution in [0.5, 0.6) is 0 Å². The molecule has 0 aliphatic heterocycles. The van der Waals surface area contributed by atoms with Crippen LogP contribution in [0.2, 0.25) is 0 Å². The van der Waals surface area contributed by atoms with Gasteiger partial charge in [-0.05, 0) is 35.8 Å². The van der Waals surface area contributed by atoms with Crippen molar-refractivity contribution >= 4 is 10.8 Å². The molecule has 1 fully saturated rings. The predicted octanol–water partition coefficient (Wildman–Crippen LogP) is 5.03. The molecule has 0 radical (unpaired) electrons. The zero-order valence-electron chi connectivity index (χ0n) is 9.95. The molecule has 0 saturated heterocycles. The molecule has 0 heterocycles. The lowest BCUT2D eigenvalue weighted by Crippen LogP contribution is -2.05. The van der Waals surface area contributed by atoms with Crippen LogP contribution in [0.15, 0.2) is 36.4 Å². The fourth-order valence-corrected chi connectivity index (χ4v) is 3.06. The van der Waals surface area contributed by atoms with Gasteiger partial charge in [0.05, 0.1) is 0 Å². The van der Waals surface area contributed by atoms with Crippen LogP contribution in [0.3, 0.4) is 0 Å². The second-order valence-corrected chi connectivity index (χ2v) is 5.02. The standard InChI is InChI=1S/C16H17F/c17-16-11-10-13(12-6-2-1-3-7-12)14-8-4-5-9-15(14)16/h4-5,8-12H,1-3,6-7H2. The van der Waals surface area contributed by atoms with Gasteiger partial charge in [-0.3, -0.25) is 0 Å². The maximum absolute atomic E-state index is 13.7. The van der Waals surface area contributed by atoms with Crippen LogP contribution >= 0.6 is 0 Å². The van der Waals surface area contributed by atoms with Crippen LogP contribution in [0.1, 0.15) is 43.6 Å². The maximum atomic E-state index is 13.7. The summed E-state index contributed by atoms with van der Waals surface area (Å²) in [6.07, 6.45) is 6.51. The van der Waals surface area contributed by atoms with Gasteiger partial charge in [0.1, 0.15) is 5.82 Å². The molecule has 0 spiro atoms. The number of hydrogen-bond acceptors (Lipinski definition) is 0. The van der Waals surface area contributed by atoms with Crippen molar-refractivity contribution in [1.82, 2.24) is 0 Å². The third kappa shape index (κ3) is 1.95. The van der Waals surface area contributed by atoms with Crippen molar-refractivity contribution in [3.05, 3.63) is 47.8 Å². The fourth-order valence-electron chi connectivity index (χ4n) is 3.06. The highest BCUT2D eigenvalue weighted by Gasteiger charge is 2.18. The van der Waals surface area contributed by atoms with Crippen molar-refractivity contribution in [1.29, 1.82) is 0 Å². The van der Waals surface area contributed by atoms with Crippen LogP contribution < -0.4 is 0 Å². The number of rotatable bonds is 1. The van der Waals surface area contributed by atoms with Crippen LogP contribution in [-0.4, -0.2) is 0 Å². The van der Waals surface area contributed by atoms with Crippen molar-refractivity contribution in [2.75, 3.05) is 0 Å². The van der Waals surface area contributed by atoms with E-state index in [0.29, 0.717) is 5.92 Å². The van der Waals surface area contributed by atoms with Crippen molar-refractivity contribution in [2.45, 2.75) is 38.0 Å². The van der Waals surface area contributed by atoms with Crippen molar-refractivity contribution < 1.29 is 4.39 Å². The van der Waals surface area contributed by atoms with E-state index in [-0.39, 0.29) is 5.82 Å². The van der Waals surface area contributed by atoms with Crippen molar-refractivity contribution in [3.8, 4) is 0 Å². The summed E-state index contributed by atoms with van der Waals surface area (Å²) in [6.45, 7) is 0. The van der Waals surface area contributed by atoms with Gasteiger partial charge in [-0.1, -0.05) is 49.6 Å². The Hall–Kier alpha value is -1.37. The molecule has 0 atom stereocenters. The van der Waals surface area contributed by atoms with Gasteiger partial charge in [0.2, 0.25) is 0 Å². The summed E-state index contributed by atoms with van der Waals surface area (Å²) in [4.78, 5) is 0. The van der Waals surface area contributed by atoms with E-state index in [4.69, 9.17) is 0 Å². The molecule has 1 saturated carbocycles. The maximum Gasteiger partial charge on any atom is 0.131 e. The molecule has 17 heavy (non-hydrogen) atoms. The van der Waals surface area contributed by atoms with Crippen LogP contribution in [0.4, 0.5) is 4.39 Å². The minimum Gasteiger partial charge on any atom is -0.206 e. The lowest BCUT2D eigenvalue weighted by atomic mass is 9.82. The first-order valence-corrected chi connectivity index (χ1v) is 6.53. The molecular weight excluding hydrogens is 211 g/mol. The first-order chi connectivity index (χ1) is 8.36. The second kappa shape index (κ2) is 4.48. The zero-order chi connectivity index (χ0) is 11.7. The van der Waals surface area contributed by atoms with E-state index in [1.165, 1.54) is 37.7 Å². The Balaban J connectivity index is 2.12. The number of fused-ring (bicyclic) bond motifs is 1. The van der Waals surface area contributed by atoms with Crippen molar-refractivity contribution in [2.24, 2.45) is 0 Å². The van der Waals surface area contributed by atoms with E-state index in [0.717, 1.165) is 10.8 Å². The molecule has 0 amide bonds. The Morgan fingerprint density at radius 3 is 2.29 bits per heavy atom. The highest BCUT2D eigenvalue weighted by atomic mass is 19.1. The van der Waals surface area contributed by atoms with Gasteiger partial charge in [0.15, 0.2) is 0 Å². The average molecular weight is 228 g/mol. The highest BCUT2D eigenvalue weighted by molar-refractivity contribution is 5.86. The van der Waals surface area contributed by atoms with Crippen molar-refractivity contribution in [3.63, 3.8) is 0 Å². The minimum atomic E-state index is -0.0971. The molecular formula is C16H17F. The van der Waals surface area contributed by atoms with Gasteiger partial charge < -0.3 is 0 Å². The molecule has 2 aromatic rings. The third-order valence-corrected chi connectivity index (χ3v) is 3.95. The number of hydrogen-bond donors (Lipinski definition) is 0. The molecule has 0 bridgehead atoms. The van der Waals surface area contributed by atoms with E-state index < -0.39 is 0 Å². The molecule has 2 aromatic carbocycles. The van der Waals surface area contributed by atoms with E-state index in [1.807, 2.05) is 24.3 Å². The fraction of sp³-hybridized carbons (Fsp3) is 0.375. The normalized spacial score (nSPS) is 17.5. The van der Waals surface area contributed by atoms with Gasteiger partial charge in [-0.2, -0.15) is 0 Å². The summed E-state index contributed by atoms with van der Waals surface area (Å²) in [5.74, 6) is 0.536. The first-order valence-electron chi connectivity index (χ1n) is 6.53. The Morgan fingerprint density at radius 1 is 0.824 bits per heavy atom. The third-order valence-electron chi connectivity index (χ3n) is 3.95. The molecule has 1 aliphatic rings. The van der Waals surface area contributed by atoms with E-state index in [2.05, 4.69) is 6.07 Å². The molecule has 1 aliphatic carbocycles.